The first kappa shape index (κ1) is 18.4. The van der Waals surface area contributed by atoms with Gasteiger partial charge in [0.05, 0.1) is 5.69 Å². The van der Waals surface area contributed by atoms with E-state index >= 15 is 0 Å². The SMILES string of the molecule is CN1CCC[C@@H]1c1ccc(N(C(=O)OC(C)(C)C)c2ccccc2)nc1. The molecule has 0 spiro atoms. The molecule has 0 unspecified atom stereocenters. The Morgan fingerprint density at radius 1 is 1.19 bits per heavy atom. The second kappa shape index (κ2) is 7.46. The van der Waals surface area contributed by atoms with E-state index in [0.29, 0.717) is 11.9 Å². The van der Waals surface area contributed by atoms with Gasteiger partial charge < -0.3 is 4.74 Å². The maximum Gasteiger partial charge on any atom is 0.420 e. The molecule has 1 saturated heterocycles. The molecule has 0 N–H and O–H groups in total. The summed E-state index contributed by atoms with van der Waals surface area (Å²) in [6.07, 6.45) is 3.80. The van der Waals surface area contributed by atoms with Gasteiger partial charge >= 0.3 is 6.09 Å². The Hall–Kier alpha value is -2.40. The van der Waals surface area contributed by atoms with Gasteiger partial charge in [0.1, 0.15) is 11.4 Å². The van der Waals surface area contributed by atoms with Gasteiger partial charge in [0.15, 0.2) is 0 Å². The van der Waals surface area contributed by atoms with E-state index in [9.17, 15) is 4.79 Å². The standard InChI is InChI=1S/C21H27N3O2/c1-21(2,3)26-20(25)24(17-9-6-5-7-10-17)19-13-12-16(15-22-19)18-11-8-14-23(18)4/h5-7,9-10,12-13,15,18H,8,11,14H2,1-4H3/t18-/m1/s1. The lowest BCUT2D eigenvalue weighted by Crippen LogP contribution is -2.34. The third-order valence-electron chi connectivity index (χ3n) is 4.50. The number of ether oxygens (including phenoxy) is 1. The summed E-state index contributed by atoms with van der Waals surface area (Å²) in [4.78, 5) is 21.3. The number of aromatic nitrogens is 1. The van der Waals surface area contributed by atoms with E-state index < -0.39 is 11.7 Å². The Bertz CT molecular complexity index is 738. The highest BCUT2D eigenvalue weighted by Crippen LogP contribution is 2.32. The number of nitrogens with zero attached hydrogens (tertiary/aromatic N) is 3. The van der Waals surface area contributed by atoms with E-state index in [4.69, 9.17) is 4.74 Å². The predicted molar refractivity (Wildman–Crippen MR) is 104 cm³/mol. The fourth-order valence-electron chi connectivity index (χ4n) is 3.27. The van der Waals surface area contributed by atoms with E-state index in [1.807, 2.05) is 63.4 Å². The van der Waals surface area contributed by atoms with Crippen molar-refractivity contribution in [3.63, 3.8) is 0 Å². The van der Waals surface area contributed by atoms with E-state index in [2.05, 4.69) is 23.0 Å². The minimum atomic E-state index is -0.573. The number of para-hydroxylation sites is 1. The maximum atomic E-state index is 12.8. The second-order valence-corrected chi connectivity index (χ2v) is 7.74. The molecule has 1 aliphatic rings. The minimum absolute atomic E-state index is 0.406. The zero-order valence-electron chi connectivity index (χ0n) is 16.0. The van der Waals surface area contributed by atoms with Crippen molar-refractivity contribution in [1.82, 2.24) is 9.88 Å². The number of hydrogen-bond acceptors (Lipinski definition) is 4. The van der Waals surface area contributed by atoms with E-state index in [-0.39, 0.29) is 0 Å². The first-order valence-electron chi connectivity index (χ1n) is 9.09. The van der Waals surface area contributed by atoms with Crippen molar-refractivity contribution < 1.29 is 9.53 Å². The molecule has 26 heavy (non-hydrogen) atoms. The van der Waals surface area contributed by atoms with Gasteiger partial charge in [0, 0.05) is 12.2 Å². The van der Waals surface area contributed by atoms with Crippen LogP contribution in [0.4, 0.5) is 16.3 Å². The van der Waals surface area contributed by atoms with Crippen LogP contribution >= 0.6 is 0 Å². The normalized spacial score (nSPS) is 17.9. The van der Waals surface area contributed by atoms with Gasteiger partial charge in [-0.05, 0) is 71.0 Å². The predicted octanol–water partition coefficient (Wildman–Crippen LogP) is 4.92. The van der Waals surface area contributed by atoms with Crippen LogP contribution in [0.2, 0.25) is 0 Å². The lowest BCUT2D eigenvalue weighted by atomic mass is 10.1. The van der Waals surface area contributed by atoms with E-state index in [1.54, 1.807) is 0 Å². The Kier molecular flexibility index (Phi) is 5.28. The van der Waals surface area contributed by atoms with Crippen LogP contribution in [-0.2, 0) is 4.74 Å². The van der Waals surface area contributed by atoms with Crippen molar-refractivity contribution in [2.75, 3.05) is 18.5 Å². The number of carbonyl (C=O) groups excluding carboxylic acids is 1. The number of pyridine rings is 1. The lowest BCUT2D eigenvalue weighted by Gasteiger charge is -2.27. The highest BCUT2D eigenvalue weighted by Gasteiger charge is 2.27. The molecule has 2 aromatic rings. The van der Waals surface area contributed by atoms with Crippen LogP contribution in [0.15, 0.2) is 48.7 Å². The number of benzene rings is 1. The van der Waals surface area contributed by atoms with Gasteiger partial charge in [-0.25, -0.2) is 14.7 Å². The van der Waals surface area contributed by atoms with Gasteiger partial charge in [0.25, 0.3) is 0 Å². The number of amides is 1. The maximum absolute atomic E-state index is 12.8. The molecule has 1 aliphatic heterocycles. The molecule has 0 saturated carbocycles. The third kappa shape index (κ3) is 4.22. The van der Waals surface area contributed by atoms with Gasteiger partial charge in [-0.1, -0.05) is 24.3 Å². The Morgan fingerprint density at radius 3 is 2.46 bits per heavy atom. The van der Waals surface area contributed by atoms with Crippen molar-refractivity contribution in [2.24, 2.45) is 0 Å². The molecular formula is C21H27N3O2. The first-order chi connectivity index (χ1) is 12.3. The molecule has 3 rings (SSSR count). The number of carbonyl (C=O) groups is 1. The van der Waals surface area contributed by atoms with Crippen LogP contribution < -0.4 is 4.90 Å². The smallest absolute Gasteiger partial charge is 0.420 e. The molecule has 0 bridgehead atoms. The number of hydrogen-bond donors (Lipinski definition) is 0. The summed E-state index contributed by atoms with van der Waals surface area (Å²) in [5.41, 5.74) is 1.35. The van der Waals surface area contributed by atoms with Gasteiger partial charge in [-0.2, -0.15) is 0 Å². The second-order valence-electron chi connectivity index (χ2n) is 7.74. The van der Waals surface area contributed by atoms with Crippen molar-refractivity contribution in [1.29, 1.82) is 0 Å². The first-order valence-corrected chi connectivity index (χ1v) is 9.09. The Balaban J connectivity index is 1.90. The highest BCUT2D eigenvalue weighted by atomic mass is 16.6. The number of anilines is 2. The van der Waals surface area contributed by atoms with Crippen molar-refractivity contribution in [3.05, 3.63) is 54.2 Å². The van der Waals surface area contributed by atoms with Gasteiger partial charge in [-0.3, -0.25) is 4.90 Å². The van der Waals surface area contributed by atoms with Crippen LogP contribution in [0.1, 0.15) is 45.2 Å². The summed E-state index contributed by atoms with van der Waals surface area (Å²) < 4.78 is 5.59. The quantitative estimate of drug-likeness (QED) is 0.785. The molecule has 5 nitrogen and oxygen atoms in total. The summed E-state index contributed by atoms with van der Waals surface area (Å²) in [7, 11) is 2.14. The third-order valence-corrected chi connectivity index (χ3v) is 4.50. The molecule has 1 amide bonds. The van der Waals surface area contributed by atoms with E-state index in [0.717, 1.165) is 18.7 Å². The van der Waals surface area contributed by atoms with Gasteiger partial charge in [0.2, 0.25) is 0 Å². The monoisotopic (exact) mass is 353 g/mol. The number of likely N-dealkylation sites (tertiary alicyclic amines) is 1. The largest absolute Gasteiger partial charge is 0.443 e. The minimum Gasteiger partial charge on any atom is -0.443 e. The topological polar surface area (TPSA) is 45.7 Å². The number of rotatable bonds is 3. The van der Waals surface area contributed by atoms with Crippen LogP contribution in [0.5, 0.6) is 0 Å². The molecule has 1 aromatic carbocycles. The summed E-state index contributed by atoms with van der Waals surface area (Å²) in [5.74, 6) is 0.565. The summed E-state index contributed by atoms with van der Waals surface area (Å²) in [6, 6.07) is 13.8. The van der Waals surface area contributed by atoms with Crippen molar-refractivity contribution >= 4 is 17.6 Å². The molecule has 138 valence electrons. The highest BCUT2D eigenvalue weighted by molar-refractivity contribution is 5.95. The summed E-state index contributed by atoms with van der Waals surface area (Å²) in [6.45, 7) is 6.70. The zero-order chi connectivity index (χ0) is 18.7. The van der Waals surface area contributed by atoms with Crippen LogP contribution in [0, 0.1) is 0 Å². The summed E-state index contributed by atoms with van der Waals surface area (Å²) in [5, 5.41) is 0. The average molecular weight is 353 g/mol. The fraction of sp³-hybridized carbons (Fsp3) is 0.429. The zero-order valence-corrected chi connectivity index (χ0v) is 16.0. The molecule has 1 atom stereocenters. The van der Waals surface area contributed by atoms with Crippen LogP contribution in [0.25, 0.3) is 0 Å². The van der Waals surface area contributed by atoms with Crippen molar-refractivity contribution in [3.8, 4) is 0 Å². The Morgan fingerprint density at radius 2 is 1.92 bits per heavy atom. The van der Waals surface area contributed by atoms with Crippen LogP contribution in [-0.4, -0.2) is 35.2 Å². The summed E-state index contributed by atoms with van der Waals surface area (Å²) >= 11 is 0. The molecular weight excluding hydrogens is 326 g/mol. The lowest BCUT2D eigenvalue weighted by molar-refractivity contribution is 0.0598. The Labute approximate surface area is 155 Å². The van der Waals surface area contributed by atoms with Crippen molar-refractivity contribution in [2.45, 2.75) is 45.3 Å². The molecule has 1 fully saturated rings. The molecule has 1 aromatic heterocycles. The average Bonchev–Trinajstić information content (AvgIpc) is 3.01. The van der Waals surface area contributed by atoms with Gasteiger partial charge in [-0.15, -0.1) is 0 Å². The van der Waals surface area contributed by atoms with Crippen LogP contribution in [0.3, 0.4) is 0 Å². The van der Waals surface area contributed by atoms with E-state index in [1.165, 1.54) is 16.9 Å². The molecule has 5 heteroatoms. The molecule has 0 aliphatic carbocycles. The fourth-order valence-corrected chi connectivity index (χ4v) is 3.27. The molecule has 0 radical (unpaired) electrons. The molecule has 2 heterocycles.